The summed E-state index contributed by atoms with van der Waals surface area (Å²) in [7, 11) is 1.62. The van der Waals surface area contributed by atoms with E-state index in [1.165, 1.54) is 16.6 Å². The Hall–Kier alpha value is -3.09. The van der Waals surface area contributed by atoms with Gasteiger partial charge in [-0.3, -0.25) is 9.36 Å². The molecule has 34 heavy (non-hydrogen) atoms. The van der Waals surface area contributed by atoms with Crippen molar-refractivity contribution in [3.8, 4) is 23.2 Å². The van der Waals surface area contributed by atoms with Crippen LogP contribution in [0.4, 0.5) is 5.00 Å². The number of aromatic nitrogens is 3. The van der Waals surface area contributed by atoms with Crippen LogP contribution in [-0.4, -0.2) is 33.5 Å². The SMILES string of the molecule is C=CCn1c(SCC(=O)Nc2sc3c(c2C#N)CCC(CC)C3)nnc1-c1ccccc1OC. The van der Waals surface area contributed by atoms with Crippen molar-refractivity contribution in [2.24, 2.45) is 5.92 Å². The Labute approximate surface area is 207 Å². The van der Waals surface area contributed by atoms with Crippen molar-refractivity contribution in [2.75, 3.05) is 18.2 Å². The van der Waals surface area contributed by atoms with Crippen LogP contribution in [0.1, 0.15) is 35.8 Å². The van der Waals surface area contributed by atoms with E-state index in [1.54, 1.807) is 24.5 Å². The van der Waals surface area contributed by atoms with Gasteiger partial charge in [0.05, 0.1) is 24.0 Å². The van der Waals surface area contributed by atoms with Crippen molar-refractivity contribution in [2.45, 2.75) is 44.3 Å². The van der Waals surface area contributed by atoms with E-state index in [0.717, 1.165) is 36.8 Å². The summed E-state index contributed by atoms with van der Waals surface area (Å²) in [5, 5.41) is 22.6. The van der Waals surface area contributed by atoms with Crippen molar-refractivity contribution in [3.63, 3.8) is 0 Å². The van der Waals surface area contributed by atoms with Crippen LogP contribution in [0.15, 0.2) is 42.1 Å². The molecule has 0 saturated carbocycles. The Balaban J connectivity index is 1.49. The summed E-state index contributed by atoms with van der Waals surface area (Å²) >= 11 is 2.85. The smallest absolute Gasteiger partial charge is 0.235 e. The van der Waals surface area contributed by atoms with Gasteiger partial charge in [0.25, 0.3) is 0 Å². The molecular weight excluding hydrogens is 466 g/mol. The number of hydrogen-bond donors (Lipinski definition) is 1. The van der Waals surface area contributed by atoms with E-state index in [9.17, 15) is 10.1 Å². The first-order valence-electron chi connectivity index (χ1n) is 11.2. The van der Waals surface area contributed by atoms with E-state index in [2.05, 4.69) is 35.1 Å². The number of anilines is 1. The van der Waals surface area contributed by atoms with Gasteiger partial charge in [0.1, 0.15) is 16.8 Å². The van der Waals surface area contributed by atoms with Gasteiger partial charge >= 0.3 is 0 Å². The van der Waals surface area contributed by atoms with E-state index in [1.807, 2.05) is 28.8 Å². The molecule has 1 unspecified atom stereocenters. The lowest BCUT2D eigenvalue weighted by Crippen LogP contribution is -2.15. The van der Waals surface area contributed by atoms with Gasteiger partial charge in [-0.2, -0.15) is 5.26 Å². The summed E-state index contributed by atoms with van der Waals surface area (Å²) in [5.74, 6) is 2.00. The van der Waals surface area contributed by atoms with Crippen molar-refractivity contribution < 1.29 is 9.53 Å². The molecule has 0 spiro atoms. The summed E-state index contributed by atoms with van der Waals surface area (Å²) in [6, 6.07) is 9.93. The Kier molecular flexibility index (Phi) is 7.70. The molecule has 0 saturated heterocycles. The molecule has 1 amide bonds. The highest BCUT2D eigenvalue weighted by Gasteiger charge is 2.26. The normalized spacial score (nSPS) is 14.8. The lowest BCUT2D eigenvalue weighted by Gasteiger charge is -2.20. The van der Waals surface area contributed by atoms with Crippen LogP contribution < -0.4 is 10.1 Å². The second-order valence-electron chi connectivity index (χ2n) is 8.08. The minimum absolute atomic E-state index is 0.159. The van der Waals surface area contributed by atoms with Crippen molar-refractivity contribution in [1.29, 1.82) is 5.26 Å². The van der Waals surface area contributed by atoms with Gasteiger partial charge < -0.3 is 10.1 Å². The first-order valence-corrected chi connectivity index (χ1v) is 13.0. The lowest BCUT2D eigenvalue weighted by molar-refractivity contribution is -0.113. The number of carbonyl (C=O) groups excluding carboxylic acids is 1. The highest BCUT2D eigenvalue weighted by Crippen LogP contribution is 2.40. The lowest BCUT2D eigenvalue weighted by atomic mass is 9.86. The number of carbonyl (C=O) groups is 1. The molecule has 1 aliphatic rings. The molecule has 1 aromatic carbocycles. The molecule has 0 bridgehead atoms. The molecule has 2 heterocycles. The number of thiophene rings is 1. The van der Waals surface area contributed by atoms with Crippen LogP contribution >= 0.6 is 23.1 Å². The number of nitriles is 1. The van der Waals surface area contributed by atoms with Gasteiger partial charge in [0, 0.05) is 11.4 Å². The van der Waals surface area contributed by atoms with E-state index < -0.39 is 0 Å². The fraction of sp³-hybridized carbons (Fsp3) is 0.360. The summed E-state index contributed by atoms with van der Waals surface area (Å²) in [5.41, 5.74) is 2.57. The third kappa shape index (κ3) is 4.88. The van der Waals surface area contributed by atoms with Crippen LogP contribution in [0.2, 0.25) is 0 Å². The Morgan fingerprint density at radius 1 is 1.44 bits per heavy atom. The number of ether oxygens (including phenoxy) is 1. The number of allylic oxidation sites excluding steroid dienone is 1. The molecule has 2 aromatic heterocycles. The molecule has 0 fully saturated rings. The fourth-order valence-electron chi connectivity index (χ4n) is 4.22. The van der Waals surface area contributed by atoms with E-state index in [-0.39, 0.29) is 11.7 Å². The first-order chi connectivity index (χ1) is 16.6. The zero-order chi connectivity index (χ0) is 24.1. The molecule has 176 valence electrons. The van der Waals surface area contributed by atoms with Crippen molar-refractivity contribution in [1.82, 2.24) is 14.8 Å². The molecule has 0 radical (unpaired) electrons. The molecule has 1 atom stereocenters. The molecule has 0 aliphatic heterocycles. The molecule has 4 rings (SSSR count). The Bertz CT molecular complexity index is 1240. The minimum Gasteiger partial charge on any atom is -0.496 e. The van der Waals surface area contributed by atoms with Crippen molar-refractivity contribution in [3.05, 3.63) is 52.9 Å². The minimum atomic E-state index is -0.167. The van der Waals surface area contributed by atoms with E-state index in [4.69, 9.17) is 4.74 Å². The average molecular weight is 494 g/mol. The maximum absolute atomic E-state index is 12.8. The van der Waals surface area contributed by atoms with Gasteiger partial charge in [-0.1, -0.05) is 43.3 Å². The van der Waals surface area contributed by atoms with Crippen LogP contribution in [-0.2, 0) is 24.2 Å². The highest BCUT2D eigenvalue weighted by molar-refractivity contribution is 7.99. The molecule has 1 aliphatic carbocycles. The quantitative estimate of drug-likeness (QED) is 0.320. The van der Waals surface area contributed by atoms with Crippen LogP contribution in [0.25, 0.3) is 11.4 Å². The maximum Gasteiger partial charge on any atom is 0.235 e. The van der Waals surface area contributed by atoms with Crippen LogP contribution in [0, 0.1) is 17.2 Å². The number of para-hydroxylation sites is 1. The molecule has 3 aromatic rings. The number of amides is 1. The van der Waals surface area contributed by atoms with Gasteiger partial charge in [0.15, 0.2) is 11.0 Å². The third-order valence-electron chi connectivity index (χ3n) is 6.02. The monoisotopic (exact) mass is 493 g/mol. The zero-order valence-electron chi connectivity index (χ0n) is 19.3. The maximum atomic E-state index is 12.8. The summed E-state index contributed by atoms with van der Waals surface area (Å²) < 4.78 is 7.39. The molecule has 7 nitrogen and oxygen atoms in total. The third-order valence-corrected chi connectivity index (χ3v) is 8.15. The van der Waals surface area contributed by atoms with E-state index >= 15 is 0 Å². The number of methoxy groups -OCH3 is 1. The number of benzene rings is 1. The predicted molar refractivity (Wildman–Crippen MR) is 136 cm³/mol. The summed E-state index contributed by atoms with van der Waals surface area (Å²) in [4.78, 5) is 14.0. The number of nitrogens with one attached hydrogen (secondary N) is 1. The van der Waals surface area contributed by atoms with Gasteiger partial charge in [-0.15, -0.1) is 28.1 Å². The molecular formula is C25H27N5O2S2. The van der Waals surface area contributed by atoms with Gasteiger partial charge in [-0.25, -0.2) is 0 Å². The fourth-order valence-corrected chi connectivity index (χ4v) is 6.30. The largest absolute Gasteiger partial charge is 0.496 e. The highest BCUT2D eigenvalue weighted by atomic mass is 32.2. The van der Waals surface area contributed by atoms with E-state index in [0.29, 0.717) is 39.8 Å². The first kappa shape index (κ1) is 24.0. The van der Waals surface area contributed by atoms with Crippen LogP contribution in [0.3, 0.4) is 0 Å². The summed E-state index contributed by atoms with van der Waals surface area (Å²) in [6.07, 6.45) is 5.91. The second-order valence-corrected chi connectivity index (χ2v) is 10.1. The second kappa shape index (κ2) is 10.9. The number of fused-ring (bicyclic) bond motifs is 1. The summed E-state index contributed by atoms with van der Waals surface area (Å²) in [6.45, 7) is 6.55. The number of thioether (sulfide) groups is 1. The Morgan fingerprint density at radius 3 is 3.00 bits per heavy atom. The molecule has 1 N–H and O–H groups in total. The average Bonchev–Trinajstić information content (AvgIpc) is 3.42. The standard InChI is InChI=1S/C25H27N5O2S2/c1-4-12-30-23(18-8-6-7-9-20(18)32-3)28-29-25(30)33-15-22(31)27-24-19(14-26)17-11-10-16(5-2)13-21(17)34-24/h4,6-9,16H,1,5,10-13,15H2,2-3H3,(H,27,31). The van der Waals surface area contributed by atoms with Gasteiger partial charge in [0.2, 0.25) is 5.91 Å². The zero-order valence-corrected chi connectivity index (χ0v) is 21.0. The number of nitrogens with zero attached hydrogens (tertiary/aromatic N) is 4. The Morgan fingerprint density at radius 2 is 2.26 bits per heavy atom. The topological polar surface area (TPSA) is 92.8 Å². The predicted octanol–water partition coefficient (Wildman–Crippen LogP) is 5.32. The molecule has 9 heteroatoms. The van der Waals surface area contributed by atoms with Crippen molar-refractivity contribution >= 4 is 34.0 Å². The van der Waals surface area contributed by atoms with Gasteiger partial charge in [-0.05, 0) is 42.9 Å². The van der Waals surface area contributed by atoms with Crippen LogP contribution in [0.5, 0.6) is 5.75 Å². The number of hydrogen-bond acceptors (Lipinski definition) is 7. The number of rotatable bonds is 9.